The summed E-state index contributed by atoms with van der Waals surface area (Å²) >= 11 is 5.74. The normalized spacial score (nSPS) is 11.7. The third-order valence-corrected chi connectivity index (χ3v) is 4.72. The molecule has 0 bridgehead atoms. The van der Waals surface area contributed by atoms with Gasteiger partial charge in [-0.15, -0.1) is 0 Å². The van der Waals surface area contributed by atoms with Crippen LogP contribution in [-0.4, -0.2) is 12.5 Å². The van der Waals surface area contributed by atoms with Gasteiger partial charge in [-0.2, -0.15) is 0 Å². The summed E-state index contributed by atoms with van der Waals surface area (Å²) in [7, 11) is 0. The van der Waals surface area contributed by atoms with Crippen molar-refractivity contribution in [1.29, 1.82) is 0 Å². The number of anilines is 1. The van der Waals surface area contributed by atoms with Crippen LogP contribution in [0.25, 0.3) is 16.5 Å². The van der Waals surface area contributed by atoms with Crippen molar-refractivity contribution in [2.75, 3.05) is 11.9 Å². The Balaban J connectivity index is 1.99. The van der Waals surface area contributed by atoms with Gasteiger partial charge in [-0.1, -0.05) is 11.6 Å². The Kier molecular flexibility index (Phi) is 5.75. The number of carbonyl (C=O) groups excluding carboxylic acids is 1. The van der Waals surface area contributed by atoms with E-state index in [9.17, 15) is 9.18 Å². The first-order valence-electron chi connectivity index (χ1n) is 8.90. The average molecular weight is 402 g/mol. The predicted molar refractivity (Wildman–Crippen MR) is 111 cm³/mol. The van der Waals surface area contributed by atoms with Crippen LogP contribution in [0.3, 0.4) is 0 Å². The quantitative estimate of drug-likeness (QED) is 0.511. The van der Waals surface area contributed by atoms with Crippen molar-refractivity contribution in [3.8, 4) is 5.75 Å². The molecule has 146 valence electrons. The minimum absolute atomic E-state index is 0.0702. The topological polar surface area (TPSA) is 51.5 Å². The number of carbonyl (C=O) groups is 1. The van der Waals surface area contributed by atoms with E-state index in [1.165, 1.54) is 18.2 Å². The molecule has 1 aromatic heterocycles. The van der Waals surface area contributed by atoms with Crippen molar-refractivity contribution in [3.05, 3.63) is 64.1 Å². The number of ether oxygens (including phenoxy) is 1. The Hall–Kier alpha value is -2.79. The standard InChI is InChI=1S/C22H21ClFNO3/c1-5-27-21-14(4)22-17(13(3)11-28-22)10-16(21)12(2)8-20(26)25-19-7-6-15(23)9-18(19)24/h6-11H,5H2,1-4H3,(H,25,26)/b12-8+. The first-order chi connectivity index (χ1) is 13.3. The van der Waals surface area contributed by atoms with Crippen molar-refractivity contribution in [1.82, 2.24) is 0 Å². The molecule has 0 fully saturated rings. The van der Waals surface area contributed by atoms with Crippen LogP contribution in [0, 0.1) is 19.7 Å². The fourth-order valence-corrected chi connectivity index (χ4v) is 3.25. The van der Waals surface area contributed by atoms with Crippen LogP contribution in [-0.2, 0) is 4.79 Å². The lowest BCUT2D eigenvalue weighted by molar-refractivity contribution is -0.111. The fourth-order valence-electron chi connectivity index (χ4n) is 3.10. The third-order valence-electron chi connectivity index (χ3n) is 4.49. The van der Waals surface area contributed by atoms with Gasteiger partial charge in [-0.3, -0.25) is 4.79 Å². The van der Waals surface area contributed by atoms with Gasteiger partial charge in [0.25, 0.3) is 0 Å². The highest BCUT2D eigenvalue weighted by molar-refractivity contribution is 6.30. The second kappa shape index (κ2) is 8.07. The smallest absolute Gasteiger partial charge is 0.248 e. The van der Waals surface area contributed by atoms with Crippen LogP contribution in [0.5, 0.6) is 5.75 Å². The second-order valence-electron chi connectivity index (χ2n) is 6.55. The van der Waals surface area contributed by atoms with Crippen molar-refractivity contribution in [2.24, 2.45) is 0 Å². The monoisotopic (exact) mass is 401 g/mol. The molecule has 0 aliphatic heterocycles. The Bertz CT molecular complexity index is 1090. The molecular weight excluding hydrogens is 381 g/mol. The molecule has 6 heteroatoms. The molecule has 1 amide bonds. The van der Waals surface area contributed by atoms with Gasteiger partial charge in [0.1, 0.15) is 17.1 Å². The molecule has 0 radical (unpaired) electrons. The van der Waals surface area contributed by atoms with Gasteiger partial charge in [0.15, 0.2) is 0 Å². The summed E-state index contributed by atoms with van der Waals surface area (Å²) < 4.78 is 25.4. The summed E-state index contributed by atoms with van der Waals surface area (Å²) in [4.78, 5) is 12.4. The lowest BCUT2D eigenvalue weighted by Gasteiger charge is -2.14. The van der Waals surface area contributed by atoms with E-state index >= 15 is 0 Å². The number of benzene rings is 2. The van der Waals surface area contributed by atoms with Gasteiger partial charge in [-0.25, -0.2) is 4.39 Å². The first kappa shape index (κ1) is 20.0. The first-order valence-corrected chi connectivity index (χ1v) is 9.28. The number of fused-ring (bicyclic) bond motifs is 1. The lowest BCUT2D eigenvalue weighted by Crippen LogP contribution is -2.10. The minimum Gasteiger partial charge on any atom is -0.493 e. The molecule has 0 aliphatic carbocycles. The highest BCUT2D eigenvalue weighted by Gasteiger charge is 2.17. The number of rotatable bonds is 5. The van der Waals surface area contributed by atoms with E-state index in [4.69, 9.17) is 20.8 Å². The number of allylic oxidation sites excluding steroid dienone is 1. The molecule has 0 atom stereocenters. The summed E-state index contributed by atoms with van der Waals surface area (Å²) in [6.07, 6.45) is 3.12. The molecule has 0 saturated carbocycles. The summed E-state index contributed by atoms with van der Waals surface area (Å²) in [6.45, 7) is 8.08. The SMILES string of the molecule is CCOc1c(/C(C)=C/C(=O)Nc2ccc(Cl)cc2F)cc2c(C)coc2c1C. The van der Waals surface area contributed by atoms with E-state index in [1.54, 1.807) is 6.26 Å². The number of nitrogens with one attached hydrogen (secondary N) is 1. The molecule has 1 N–H and O–H groups in total. The maximum Gasteiger partial charge on any atom is 0.248 e. The third kappa shape index (κ3) is 3.90. The summed E-state index contributed by atoms with van der Waals surface area (Å²) in [5, 5.41) is 3.77. The van der Waals surface area contributed by atoms with Crippen LogP contribution in [0.4, 0.5) is 10.1 Å². The minimum atomic E-state index is -0.590. The number of halogens is 2. The number of hydrogen-bond acceptors (Lipinski definition) is 3. The zero-order valence-corrected chi connectivity index (χ0v) is 16.9. The maximum absolute atomic E-state index is 13.9. The molecular formula is C22H21ClFNO3. The summed E-state index contributed by atoms with van der Waals surface area (Å²) in [6, 6.07) is 6.05. The highest BCUT2D eigenvalue weighted by atomic mass is 35.5. The average Bonchev–Trinajstić information content (AvgIpc) is 3.01. The Labute approximate surface area is 167 Å². The number of aryl methyl sites for hydroxylation is 2. The lowest BCUT2D eigenvalue weighted by atomic mass is 9.98. The van der Waals surface area contributed by atoms with Crippen molar-refractivity contribution >= 4 is 39.7 Å². The Morgan fingerprint density at radius 1 is 1.32 bits per heavy atom. The molecule has 0 aliphatic rings. The molecule has 28 heavy (non-hydrogen) atoms. The highest BCUT2D eigenvalue weighted by Crippen LogP contribution is 2.37. The molecule has 1 heterocycles. The number of hydrogen-bond donors (Lipinski definition) is 1. The molecule has 0 saturated heterocycles. The van der Waals surface area contributed by atoms with Crippen molar-refractivity contribution in [2.45, 2.75) is 27.7 Å². The van der Waals surface area contributed by atoms with Gasteiger partial charge in [0.05, 0.1) is 18.6 Å². The van der Waals surface area contributed by atoms with Crippen LogP contribution in [0.1, 0.15) is 30.5 Å². The van der Waals surface area contributed by atoms with Crippen LogP contribution in [0.15, 0.2) is 41.0 Å². The van der Waals surface area contributed by atoms with Gasteiger partial charge in [-0.05, 0) is 63.1 Å². The predicted octanol–water partition coefficient (Wildman–Crippen LogP) is 6.28. The van der Waals surface area contributed by atoms with Crippen LogP contribution in [0.2, 0.25) is 5.02 Å². The molecule has 3 rings (SSSR count). The van der Waals surface area contributed by atoms with E-state index in [-0.39, 0.29) is 10.7 Å². The van der Waals surface area contributed by atoms with E-state index < -0.39 is 11.7 Å². The Morgan fingerprint density at radius 2 is 2.07 bits per heavy atom. The molecule has 0 spiro atoms. The van der Waals surface area contributed by atoms with Gasteiger partial charge >= 0.3 is 0 Å². The van der Waals surface area contributed by atoms with Crippen molar-refractivity contribution < 1.29 is 18.3 Å². The van der Waals surface area contributed by atoms with E-state index in [0.717, 1.165) is 33.7 Å². The van der Waals surface area contributed by atoms with Crippen LogP contribution < -0.4 is 10.1 Å². The largest absolute Gasteiger partial charge is 0.493 e. The summed E-state index contributed by atoms with van der Waals surface area (Å²) in [5.74, 6) is -0.361. The number of amides is 1. The van der Waals surface area contributed by atoms with Gasteiger partial charge < -0.3 is 14.5 Å². The van der Waals surface area contributed by atoms with Gasteiger partial charge in [0.2, 0.25) is 5.91 Å². The zero-order valence-electron chi connectivity index (χ0n) is 16.2. The second-order valence-corrected chi connectivity index (χ2v) is 6.98. The van der Waals surface area contributed by atoms with E-state index in [1.807, 2.05) is 33.8 Å². The Morgan fingerprint density at radius 3 is 2.75 bits per heavy atom. The van der Waals surface area contributed by atoms with Crippen LogP contribution >= 0.6 is 11.6 Å². The zero-order chi connectivity index (χ0) is 20.4. The maximum atomic E-state index is 13.9. The summed E-state index contributed by atoms with van der Waals surface area (Å²) in [5.41, 5.74) is 4.21. The van der Waals surface area contributed by atoms with Crippen molar-refractivity contribution in [3.63, 3.8) is 0 Å². The molecule has 2 aromatic carbocycles. The van der Waals surface area contributed by atoms with E-state index in [0.29, 0.717) is 17.9 Å². The molecule has 0 unspecified atom stereocenters. The van der Waals surface area contributed by atoms with Gasteiger partial charge in [0, 0.05) is 27.6 Å². The molecule has 3 aromatic rings. The fraction of sp³-hybridized carbons (Fsp3) is 0.227. The number of furan rings is 1. The van der Waals surface area contributed by atoms with E-state index in [2.05, 4.69) is 5.32 Å². The molecule has 4 nitrogen and oxygen atoms in total.